The van der Waals surface area contributed by atoms with Crippen LogP contribution in [0.2, 0.25) is 5.02 Å². The van der Waals surface area contributed by atoms with E-state index < -0.39 is 6.10 Å². The fourth-order valence-electron chi connectivity index (χ4n) is 0.926. The number of benzene rings is 1. The van der Waals surface area contributed by atoms with Crippen LogP contribution in [-0.2, 0) is 9.53 Å². The number of halogens is 1. The Bertz CT molecular complexity index is 273. The van der Waals surface area contributed by atoms with Gasteiger partial charge in [-0.25, -0.2) is 0 Å². The van der Waals surface area contributed by atoms with Crippen molar-refractivity contribution in [3.05, 3.63) is 34.9 Å². The van der Waals surface area contributed by atoms with Gasteiger partial charge in [0.05, 0.1) is 0 Å². The Morgan fingerprint density at radius 3 is 2.67 bits per heavy atom. The summed E-state index contributed by atoms with van der Waals surface area (Å²) in [6.45, 7) is 0. The first-order valence-corrected chi connectivity index (χ1v) is 3.82. The third-order valence-electron chi connectivity index (χ3n) is 1.53. The summed E-state index contributed by atoms with van der Waals surface area (Å²) in [5.41, 5.74) is 0.650. The Morgan fingerprint density at radius 1 is 1.50 bits per heavy atom. The van der Waals surface area contributed by atoms with Gasteiger partial charge >= 0.3 is 0 Å². The van der Waals surface area contributed by atoms with E-state index in [4.69, 9.17) is 16.3 Å². The van der Waals surface area contributed by atoms with Crippen molar-refractivity contribution in [2.45, 2.75) is 6.10 Å². The average molecular weight is 184 g/mol. The minimum atomic E-state index is -0.682. The van der Waals surface area contributed by atoms with Crippen LogP contribution in [0.4, 0.5) is 0 Å². The van der Waals surface area contributed by atoms with Gasteiger partial charge in [-0.3, -0.25) is 4.79 Å². The van der Waals surface area contributed by atoms with E-state index in [-0.39, 0.29) is 0 Å². The van der Waals surface area contributed by atoms with Crippen molar-refractivity contribution >= 4 is 17.9 Å². The molecule has 0 aliphatic heterocycles. The third-order valence-corrected chi connectivity index (χ3v) is 1.87. The van der Waals surface area contributed by atoms with Gasteiger partial charge < -0.3 is 4.74 Å². The molecule has 0 aromatic heterocycles. The summed E-state index contributed by atoms with van der Waals surface area (Å²) in [6.07, 6.45) is 1.07. The van der Waals surface area contributed by atoms with Crippen LogP contribution in [0.1, 0.15) is 11.7 Å². The Labute approximate surface area is 76.1 Å². The first-order valence-electron chi connectivity index (χ1n) is 3.44. The number of hydrogen-bond acceptors (Lipinski definition) is 2. The molecular formula is C9H8ClO2. The summed E-state index contributed by atoms with van der Waals surface area (Å²) >= 11 is 5.82. The lowest BCUT2D eigenvalue weighted by Gasteiger charge is -2.08. The van der Waals surface area contributed by atoms with E-state index in [2.05, 4.69) is 0 Å². The van der Waals surface area contributed by atoms with Crippen LogP contribution in [0.15, 0.2) is 24.3 Å². The lowest BCUT2D eigenvalue weighted by atomic mass is 10.1. The van der Waals surface area contributed by atoms with Crippen molar-refractivity contribution < 1.29 is 9.53 Å². The van der Waals surface area contributed by atoms with Gasteiger partial charge in [0.25, 0.3) is 0 Å². The van der Waals surface area contributed by atoms with Gasteiger partial charge in [0.2, 0.25) is 6.29 Å². The van der Waals surface area contributed by atoms with Crippen molar-refractivity contribution in [2.75, 3.05) is 7.11 Å². The summed E-state index contributed by atoms with van der Waals surface area (Å²) in [5, 5.41) is 0.521. The maximum absolute atomic E-state index is 10.4. The fourth-order valence-corrected chi connectivity index (χ4v) is 1.16. The number of ether oxygens (including phenoxy) is 1. The van der Waals surface area contributed by atoms with Gasteiger partial charge in [-0.1, -0.05) is 29.8 Å². The molecule has 1 rings (SSSR count). The van der Waals surface area contributed by atoms with Crippen LogP contribution < -0.4 is 0 Å². The first kappa shape index (κ1) is 9.23. The zero-order valence-corrected chi connectivity index (χ0v) is 7.34. The number of hydrogen-bond donors (Lipinski definition) is 0. The molecule has 1 aromatic carbocycles. The van der Waals surface area contributed by atoms with Gasteiger partial charge in [0.1, 0.15) is 6.10 Å². The Kier molecular flexibility index (Phi) is 3.26. The smallest absolute Gasteiger partial charge is 0.234 e. The predicted octanol–water partition coefficient (Wildman–Crippen LogP) is 2.14. The maximum atomic E-state index is 10.4. The quantitative estimate of drug-likeness (QED) is 0.718. The zero-order chi connectivity index (χ0) is 8.97. The topological polar surface area (TPSA) is 26.3 Å². The summed E-state index contributed by atoms with van der Waals surface area (Å²) in [7, 11) is 1.44. The molecule has 0 aliphatic rings. The van der Waals surface area contributed by atoms with Crippen molar-refractivity contribution in [1.29, 1.82) is 0 Å². The predicted molar refractivity (Wildman–Crippen MR) is 46.9 cm³/mol. The van der Waals surface area contributed by atoms with Crippen LogP contribution in [-0.4, -0.2) is 13.4 Å². The van der Waals surface area contributed by atoms with Crippen LogP contribution in [0, 0.1) is 0 Å². The fraction of sp³-hybridized carbons (Fsp3) is 0.222. The number of carbonyl (C=O) groups excluding carboxylic acids is 1. The largest absolute Gasteiger partial charge is 0.368 e. The third kappa shape index (κ3) is 1.84. The summed E-state index contributed by atoms with van der Waals surface area (Å²) in [6, 6.07) is 7.04. The molecule has 1 atom stereocenters. The number of methoxy groups -OCH3 is 1. The van der Waals surface area contributed by atoms with Crippen molar-refractivity contribution in [1.82, 2.24) is 0 Å². The Balaban J connectivity index is 3.00. The van der Waals surface area contributed by atoms with Crippen LogP contribution in [0.3, 0.4) is 0 Å². The minimum Gasteiger partial charge on any atom is -0.368 e. The molecule has 0 N–H and O–H groups in total. The van der Waals surface area contributed by atoms with Crippen LogP contribution in [0.5, 0.6) is 0 Å². The standard InChI is InChI=1S/C9H8ClO2/c1-12-9(6-11)7-4-2-3-5-8(7)10/h2-5,9H,1H3. The van der Waals surface area contributed by atoms with E-state index in [1.54, 1.807) is 30.6 Å². The molecule has 2 nitrogen and oxygen atoms in total. The molecule has 0 bridgehead atoms. The molecule has 63 valence electrons. The highest BCUT2D eigenvalue weighted by molar-refractivity contribution is 6.31. The zero-order valence-electron chi connectivity index (χ0n) is 6.58. The van der Waals surface area contributed by atoms with Crippen molar-refractivity contribution in [3.63, 3.8) is 0 Å². The summed E-state index contributed by atoms with van der Waals surface area (Å²) in [5.74, 6) is 0. The van der Waals surface area contributed by atoms with Crippen LogP contribution in [0.25, 0.3) is 0 Å². The molecular weight excluding hydrogens is 176 g/mol. The van der Waals surface area contributed by atoms with E-state index in [9.17, 15) is 4.79 Å². The van der Waals surface area contributed by atoms with Crippen molar-refractivity contribution in [2.24, 2.45) is 0 Å². The second kappa shape index (κ2) is 4.24. The highest BCUT2D eigenvalue weighted by atomic mass is 35.5. The van der Waals surface area contributed by atoms with Gasteiger partial charge in [-0.15, -0.1) is 0 Å². The average Bonchev–Trinajstić information content (AvgIpc) is 2.10. The molecule has 0 amide bonds. The molecule has 0 fully saturated rings. The molecule has 12 heavy (non-hydrogen) atoms. The van der Waals surface area contributed by atoms with E-state index in [1.807, 2.05) is 0 Å². The molecule has 1 aromatic rings. The normalized spacial score (nSPS) is 12.5. The molecule has 0 heterocycles. The lowest BCUT2D eigenvalue weighted by molar-refractivity contribution is 0.154. The maximum Gasteiger partial charge on any atom is 0.234 e. The van der Waals surface area contributed by atoms with Gasteiger partial charge in [-0.2, -0.15) is 0 Å². The molecule has 3 heteroatoms. The minimum absolute atomic E-state index is 0.521. The van der Waals surface area contributed by atoms with E-state index in [1.165, 1.54) is 7.11 Å². The first-order chi connectivity index (χ1) is 5.79. The molecule has 0 aliphatic carbocycles. The van der Waals surface area contributed by atoms with E-state index in [0.717, 1.165) is 0 Å². The summed E-state index contributed by atoms with van der Waals surface area (Å²) in [4.78, 5) is 10.4. The molecule has 0 spiro atoms. The highest BCUT2D eigenvalue weighted by Gasteiger charge is 2.12. The number of rotatable bonds is 3. The van der Waals surface area contributed by atoms with E-state index in [0.29, 0.717) is 10.6 Å². The van der Waals surface area contributed by atoms with Crippen LogP contribution >= 0.6 is 11.6 Å². The van der Waals surface area contributed by atoms with Gasteiger partial charge in [-0.05, 0) is 6.07 Å². The molecule has 0 saturated heterocycles. The lowest BCUT2D eigenvalue weighted by Crippen LogP contribution is -2.02. The SMILES string of the molecule is COC([C]=O)c1ccccc1Cl. The highest BCUT2D eigenvalue weighted by Crippen LogP contribution is 2.22. The second-order valence-corrected chi connectivity index (χ2v) is 2.66. The molecule has 1 radical (unpaired) electrons. The van der Waals surface area contributed by atoms with Gasteiger partial charge in [0, 0.05) is 17.7 Å². The Morgan fingerprint density at radius 2 is 2.17 bits per heavy atom. The van der Waals surface area contributed by atoms with Crippen molar-refractivity contribution in [3.8, 4) is 0 Å². The van der Waals surface area contributed by atoms with E-state index >= 15 is 0 Å². The summed E-state index contributed by atoms with van der Waals surface area (Å²) < 4.78 is 4.86. The Hall–Kier alpha value is -0.860. The van der Waals surface area contributed by atoms with Gasteiger partial charge in [0.15, 0.2) is 0 Å². The second-order valence-electron chi connectivity index (χ2n) is 2.26. The molecule has 1 unspecified atom stereocenters. The monoisotopic (exact) mass is 183 g/mol. The molecule has 0 saturated carbocycles.